The summed E-state index contributed by atoms with van der Waals surface area (Å²) in [5.74, 6) is -0.572. The number of hydrogen-bond donors (Lipinski definition) is 5. The highest BCUT2D eigenvalue weighted by Gasteiger charge is 2.25. The van der Waals surface area contributed by atoms with Gasteiger partial charge in [-0.2, -0.15) is 0 Å². The Morgan fingerprint density at radius 3 is 1.18 bits per heavy atom. The number of nitrogens with one attached hydrogen (secondary N) is 2. The molecule has 0 radical (unpaired) electrons. The number of aromatic nitrogens is 7. The third kappa shape index (κ3) is 34.7. The lowest BCUT2D eigenvalue weighted by Gasteiger charge is -2.16. The highest BCUT2D eigenvalue weighted by Crippen LogP contribution is 2.61. The molecule has 0 fully saturated rings. The minimum absolute atomic E-state index is 0. The molecule has 22 nitrogen and oxygen atoms in total. The van der Waals surface area contributed by atoms with Gasteiger partial charge in [0.2, 0.25) is 10.7 Å². The van der Waals surface area contributed by atoms with Crippen LogP contribution in [0.3, 0.4) is 0 Å². The van der Waals surface area contributed by atoms with Gasteiger partial charge in [0.1, 0.15) is 46.3 Å². The average molecular weight is 2000 g/mol. The van der Waals surface area contributed by atoms with Crippen molar-refractivity contribution in [3.05, 3.63) is 269 Å². The largest absolute Gasteiger partial charge is 0.643 e. The van der Waals surface area contributed by atoms with Crippen LogP contribution < -0.4 is 22.3 Å². The van der Waals surface area contributed by atoms with Crippen LogP contribution in [-0.4, -0.2) is 118 Å². The molecule has 33 heteroatoms. The van der Waals surface area contributed by atoms with E-state index in [4.69, 9.17) is 101 Å². The van der Waals surface area contributed by atoms with Crippen molar-refractivity contribution in [3.63, 3.8) is 0 Å². The maximum absolute atomic E-state index is 13.0. The Labute approximate surface area is 811 Å². The third-order valence-electron chi connectivity index (χ3n) is 19.2. The summed E-state index contributed by atoms with van der Waals surface area (Å²) >= 11 is 28.1. The van der Waals surface area contributed by atoms with Gasteiger partial charge in [-0.05, 0) is 325 Å². The van der Waals surface area contributed by atoms with Gasteiger partial charge in [0.05, 0.1) is 76.9 Å². The van der Waals surface area contributed by atoms with Crippen LogP contribution in [0.4, 0.5) is 11.5 Å². The lowest BCUT2D eigenvalue weighted by atomic mass is 10.0. The Kier molecular flexibility index (Phi) is 49.1. The summed E-state index contributed by atoms with van der Waals surface area (Å²) in [7, 11) is 14.8. The first-order chi connectivity index (χ1) is 60.0. The number of anilines is 2. The number of nitrogens with two attached hydrogens (primary N) is 2. The molecule has 0 saturated carbocycles. The summed E-state index contributed by atoms with van der Waals surface area (Å²) in [6.45, 7) is 56.4. The number of Topliss-reactive ketones (excluding diaryl/α,β-unsaturated/α-hetero) is 1. The van der Waals surface area contributed by atoms with E-state index in [0.717, 1.165) is 106 Å². The summed E-state index contributed by atoms with van der Waals surface area (Å²) in [6, 6.07) is 32.7. The zero-order chi connectivity index (χ0) is 98.6. The molecule has 0 atom stereocenters. The molecule has 0 amide bonds. The molecule has 12 rings (SSSR count). The molecule has 5 aromatic carbocycles. The first-order valence-corrected chi connectivity index (χ1v) is 52.0. The van der Waals surface area contributed by atoms with Crippen molar-refractivity contribution in [1.29, 1.82) is 0 Å². The van der Waals surface area contributed by atoms with Gasteiger partial charge in [0, 0.05) is 57.0 Å². The number of hydrogen-bond acceptors (Lipinski definition) is 16. The zero-order valence-corrected chi connectivity index (χ0v) is 87.6. The summed E-state index contributed by atoms with van der Waals surface area (Å²) in [6.07, 6.45) is 1.34. The number of nitrogens with zero attached hydrogens (tertiary/aromatic N) is 5. The van der Waals surface area contributed by atoms with Crippen LogP contribution >= 0.6 is 104 Å². The second-order valence-electron chi connectivity index (χ2n) is 30.7. The van der Waals surface area contributed by atoms with Crippen molar-refractivity contribution in [2.45, 2.75) is 201 Å². The van der Waals surface area contributed by atoms with Crippen LogP contribution in [0.25, 0.3) is 55.8 Å². The number of alkyl halides is 1. The fourth-order valence-electron chi connectivity index (χ4n) is 14.8. The van der Waals surface area contributed by atoms with Crippen LogP contribution in [0.2, 0.25) is 5.02 Å². The second-order valence-corrected chi connectivity index (χ2v) is 44.9. The Morgan fingerprint density at radius 1 is 0.485 bits per heavy atom. The maximum Gasteiger partial charge on any atom is 0.643 e. The van der Waals surface area contributed by atoms with Crippen molar-refractivity contribution in [2.75, 3.05) is 50.4 Å². The average Bonchev–Trinajstić information content (AvgIpc) is 1.58. The number of fused-ring (bicyclic) bond motifs is 3. The number of aliphatic hydroxyl groups is 1. The molecule has 0 saturated heterocycles. The van der Waals surface area contributed by atoms with Crippen LogP contribution in [0.1, 0.15) is 193 Å². The number of aliphatic hydroxyl groups excluding tert-OH is 1. The fourth-order valence-corrected chi connectivity index (χ4v) is 15.1. The van der Waals surface area contributed by atoms with Gasteiger partial charge in [0.25, 0.3) is 0 Å². The first kappa shape index (κ1) is 117. The molecule has 7 N–H and O–H groups in total. The number of esters is 3. The van der Waals surface area contributed by atoms with Crippen molar-refractivity contribution < 1.29 is 52.6 Å². The normalized spacial score (nSPS) is 10.6. The summed E-state index contributed by atoms with van der Waals surface area (Å²) in [4.78, 5) is 90.4. The number of rotatable bonds is 14. The monoisotopic (exact) mass is 2000 g/mol. The van der Waals surface area contributed by atoms with Gasteiger partial charge >= 0.3 is 34.5 Å². The van der Waals surface area contributed by atoms with E-state index in [9.17, 15) is 38.1 Å². The summed E-state index contributed by atoms with van der Waals surface area (Å²) in [5.41, 5.74) is 44.6. The Balaban J connectivity index is 0.000000515. The van der Waals surface area contributed by atoms with Crippen LogP contribution in [0.15, 0.2) is 118 Å². The van der Waals surface area contributed by atoms with Crippen molar-refractivity contribution >= 4 is 189 Å². The molecule has 0 spiro atoms. The first-order valence-electron chi connectivity index (χ1n) is 41.0. The maximum atomic E-state index is 13.0. The lowest BCUT2D eigenvalue weighted by Crippen LogP contribution is -2.20. The van der Waals surface area contributed by atoms with Crippen molar-refractivity contribution in [2.24, 2.45) is 0 Å². The number of carbonyl (C=O) groups is 5. The van der Waals surface area contributed by atoms with Crippen molar-refractivity contribution in [3.8, 4) is 22.7 Å². The molecular weight excluding hydrogens is 1880 g/mol. The minimum Gasteiger partial charge on any atom is -0.498 e. The van der Waals surface area contributed by atoms with Gasteiger partial charge in [-0.1, -0.05) is 108 Å². The number of allylic oxidation sites excluding steroid dienone is 1. The van der Waals surface area contributed by atoms with Gasteiger partial charge in [-0.15, -0.1) is 11.6 Å². The molecule has 0 aliphatic rings. The molecule has 7 heterocycles. The van der Waals surface area contributed by atoms with Crippen LogP contribution in [0, 0.1) is 152 Å². The second kappa shape index (κ2) is 54.4. The standard InChI is InChI=1S/C21H24N2O3.C18H19ClN2.C18H20N2O.C17H22N2O2.C9H13N.C8H14O3.C3H6O2.C2H2Cl2O.CH4.Al.Cl3OP.3ClH/c1-7-26-21(25)17-15(6)22-20-16(19(17)24)10-14(5)23(20)18-12(3)8-11(2)9-13(18)4;1-10-6-11(2)17(12(3)7-10)21-14(5)9-15-16(19)8-13(4)20-18(15)21;1-10-6-11(2)17(12(3)7-10)20-14(5)9-15-16(21)8-13(4)19-18(15)20;1-6-21-17(20)14-9-13(5)19(16(14)18)15-11(3)7-10(2)8-12(15)4;1-6-4-7(2)9(10)8(3)5-6;1-4-10-7(3)6-8(9)11-5-2;1-3(5)2-4;3-1-2(4)5;;;1-5(2,3)4;;;/h8-10H,7H2,1-6H3,(H,22,24);6-9H,1-5H3;6-9H,1-5H3,(H,19,21);7-9H,6,18H2,1-5H3;4-5H,10H2,1-3H3;6H,4-5H2,1-3H3;4H,2H2,1H3;1H2;1H4;;;3*1H/q;;;;;;;;;+3;;;;/p-3. The Bertz CT molecular complexity index is 6080. The predicted octanol–water partition coefficient (Wildman–Crippen LogP) is 26.0. The number of halogens is 9. The molecule has 0 aliphatic carbocycles. The molecule has 7 aromatic heterocycles. The minimum atomic E-state index is -3.22. The van der Waals surface area contributed by atoms with Crippen molar-refractivity contribution in [1.82, 2.24) is 33.2 Å². The topological polar surface area (TPSA) is 310 Å². The third-order valence-corrected chi connectivity index (χ3v) is 20.0. The SMILES string of the molecule is C.CC(=O)CO.CCOC(=O)C=C(C)OCC.CCOC(=O)c1c(C)[nH]c2c(cc(C)n2-c2c(C)cc(C)cc2C)c1=O.CCOC(=O)c1cc(C)n(-c2c(C)cc(C)cc2C)c1N.Cc1cc(C)c(-n2c(C)cc3c(=O)cc(C)[nH]c32)c(C)c1.Cc1cc(C)c(-n2c(C)cc3c(Cl)cc(C)nc32)c(C)c1.Cc1cc(C)c(N)c(C)c1.O=C(Cl)CCl.O=P(Cl)(Cl)Cl.[Cl][Al]([Cl])[Cl]. The van der Waals surface area contributed by atoms with Gasteiger partial charge < -0.3 is 45.5 Å². The quantitative estimate of drug-likeness (QED) is 0.00777. The molecular formula is C97H124AlCl9N9O13P. The van der Waals surface area contributed by atoms with E-state index in [-0.39, 0.29) is 60.7 Å². The fraction of sp³-hybridized carbons (Fsp3) is 0.361. The molecule has 0 unspecified atom stereocenters. The van der Waals surface area contributed by atoms with Crippen LogP contribution in [-0.2, 0) is 37.9 Å². The Morgan fingerprint density at radius 2 is 0.808 bits per heavy atom. The smallest absolute Gasteiger partial charge is 0.498 e. The lowest BCUT2D eigenvalue weighted by molar-refractivity contribution is -0.137. The van der Waals surface area contributed by atoms with E-state index in [0.29, 0.717) is 53.7 Å². The number of ether oxygens (including phenoxy) is 4. The number of aromatic amines is 2. The number of aryl methyl sites for hydroxylation is 22. The van der Waals surface area contributed by atoms with Gasteiger partial charge in [0.15, 0.2) is 11.2 Å². The number of benzene rings is 5. The van der Waals surface area contributed by atoms with Gasteiger partial charge in [-0.25, -0.2) is 49.5 Å². The molecule has 130 heavy (non-hydrogen) atoms. The van der Waals surface area contributed by atoms with E-state index < -0.39 is 27.8 Å². The number of nitrogen functional groups attached to an aromatic ring is 2. The summed E-state index contributed by atoms with van der Waals surface area (Å²) in [5, 5.41) is 7.09. The van der Waals surface area contributed by atoms with E-state index in [1.54, 1.807) is 46.8 Å². The van der Waals surface area contributed by atoms with Gasteiger partial charge in [-0.3, -0.25) is 42.0 Å². The number of carbonyl (C=O) groups excluding carboxylic acids is 5. The van der Waals surface area contributed by atoms with E-state index in [2.05, 4.69) is 226 Å². The van der Waals surface area contributed by atoms with E-state index in [1.807, 2.05) is 78.2 Å². The number of H-pyrrole nitrogens is 2. The highest BCUT2D eigenvalue weighted by atomic mass is 36.0. The van der Waals surface area contributed by atoms with E-state index >= 15 is 0 Å². The predicted molar refractivity (Wildman–Crippen MR) is 548 cm³/mol. The number of pyridine rings is 3. The zero-order valence-electron chi connectivity index (χ0n) is 78.7. The molecule has 0 aliphatic heterocycles. The molecule has 706 valence electrons. The van der Waals surface area contributed by atoms with Crippen LogP contribution in [0.5, 0.6) is 0 Å². The molecule has 0 bridgehead atoms. The molecule has 12 aromatic rings. The summed E-state index contributed by atoms with van der Waals surface area (Å²) < 4.78 is 37.7. The number of ketones is 1. The Hall–Kier alpha value is -8.73. The highest BCUT2D eigenvalue weighted by molar-refractivity contribution is 8.24. The van der Waals surface area contributed by atoms with E-state index in [1.165, 1.54) is 79.9 Å².